The second-order valence-electron chi connectivity index (χ2n) is 10.4. The molecule has 4 unspecified atom stereocenters. The lowest BCUT2D eigenvalue weighted by Crippen LogP contribution is -2.55. The lowest BCUT2D eigenvalue weighted by atomic mass is 9.91. The van der Waals surface area contributed by atoms with Gasteiger partial charge < -0.3 is 5.32 Å². The minimum atomic E-state index is -3.41. The number of likely N-dealkylation sites (tertiary alicyclic amines) is 1. The van der Waals surface area contributed by atoms with Crippen molar-refractivity contribution in [3.63, 3.8) is 0 Å². The van der Waals surface area contributed by atoms with E-state index in [1.54, 1.807) is 10.5 Å². The van der Waals surface area contributed by atoms with Gasteiger partial charge in [0.25, 0.3) is 0 Å². The standard InChI is InChI=1S/C24H36N4O3S/c29-24(26-21-10-12-27(16-21)15-19-7-4-11-25-14-19)23-20-8-9-22(13-20)28(23)32(30,31)17-18-5-2-1-3-6-18/h4,7,11,14,18,20-23H,1-3,5-6,8-10,12-13,15-17H2,(H,26,29). The molecule has 4 aliphatic rings. The molecule has 5 rings (SSSR count). The number of amides is 1. The van der Waals surface area contributed by atoms with Crippen molar-refractivity contribution in [1.29, 1.82) is 0 Å². The van der Waals surface area contributed by atoms with Crippen LogP contribution in [0.4, 0.5) is 0 Å². The molecule has 1 aromatic heterocycles. The van der Waals surface area contributed by atoms with E-state index in [0.717, 1.165) is 71.0 Å². The van der Waals surface area contributed by atoms with Gasteiger partial charge in [-0.25, -0.2) is 8.42 Å². The van der Waals surface area contributed by atoms with E-state index >= 15 is 0 Å². The predicted molar refractivity (Wildman–Crippen MR) is 123 cm³/mol. The van der Waals surface area contributed by atoms with Crippen LogP contribution in [0, 0.1) is 11.8 Å². The monoisotopic (exact) mass is 460 g/mol. The Morgan fingerprint density at radius 1 is 1.12 bits per heavy atom. The van der Waals surface area contributed by atoms with Crippen LogP contribution in [0.25, 0.3) is 0 Å². The minimum Gasteiger partial charge on any atom is -0.351 e. The average Bonchev–Trinajstić information content (AvgIpc) is 3.51. The van der Waals surface area contributed by atoms with Gasteiger partial charge in [-0.2, -0.15) is 4.31 Å². The van der Waals surface area contributed by atoms with Crippen molar-refractivity contribution in [2.24, 2.45) is 11.8 Å². The number of nitrogens with one attached hydrogen (secondary N) is 1. The Bertz CT molecular complexity index is 903. The van der Waals surface area contributed by atoms with E-state index in [-0.39, 0.29) is 35.6 Å². The number of carbonyl (C=O) groups excluding carboxylic acids is 1. The highest BCUT2D eigenvalue weighted by atomic mass is 32.2. The van der Waals surface area contributed by atoms with Crippen LogP contribution >= 0.6 is 0 Å². The first-order valence-electron chi connectivity index (χ1n) is 12.4. The van der Waals surface area contributed by atoms with Crippen LogP contribution in [0.2, 0.25) is 0 Å². The Labute approximate surface area is 192 Å². The van der Waals surface area contributed by atoms with Gasteiger partial charge in [0.1, 0.15) is 6.04 Å². The van der Waals surface area contributed by atoms with E-state index in [1.165, 1.54) is 12.0 Å². The van der Waals surface area contributed by atoms with Gasteiger partial charge in [-0.15, -0.1) is 0 Å². The maximum atomic E-state index is 13.4. The van der Waals surface area contributed by atoms with E-state index in [9.17, 15) is 13.2 Å². The third-order valence-electron chi connectivity index (χ3n) is 8.03. The molecule has 2 saturated carbocycles. The normalized spacial score (nSPS) is 31.9. The average molecular weight is 461 g/mol. The summed E-state index contributed by atoms with van der Waals surface area (Å²) in [5.41, 5.74) is 1.17. The summed E-state index contributed by atoms with van der Waals surface area (Å²) in [4.78, 5) is 19.9. The molecule has 2 aliphatic heterocycles. The Balaban J connectivity index is 1.21. The smallest absolute Gasteiger partial charge is 0.239 e. The predicted octanol–water partition coefficient (Wildman–Crippen LogP) is 2.54. The van der Waals surface area contributed by atoms with E-state index in [4.69, 9.17) is 0 Å². The van der Waals surface area contributed by atoms with Gasteiger partial charge in [0.15, 0.2) is 0 Å². The molecule has 4 atom stereocenters. The molecule has 0 spiro atoms. The lowest BCUT2D eigenvalue weighted by molar-refractivity contribution is -0.126. The quantitative estimate of drug-likeness (QED) is 0.676. The van der Waals surface area contributed by atoms with E-state index in [1.807, 2.05) is 12.3 Å². The highest BCUT2D eigenvalue weighted by molar-refractivity contribution is 7.89. The Kier molecular flexibility index (Phi) is 6.54. The molecule has 0 aromatic carbocycles. The molecule has 3 heterocycles. The second kappa shape index (κ2) is 9.39. The molecule has 1 N–H and O–H groups in total. The van der Waals surface area contributed by atoms with Crippen molar-refractivity contribution in [1.82, 2.24) is 19.5 Å². The molecule has 1 amide bonds. The molecule has 32 heavy (non-hydrogen) atoms. The van der Waals surface area contributed by atoms with Crippen LogP contribution in [0.5, 0.6) is 0 Å². The zero-order chi connectivity index (χ0) is 22.1. The summed E-state index contributed by atoms with van der Waals surface area (Å²) in [6.45, 7) is 2.56. The molecular weight excluding hydrogens is 424 g/mol. The van der Waals surface area contributed by atoms with Crippen molar-refractivity contribution in [2.75, 3.05) is 18.8 Å². The summed E-state index contributed by atoms with van der Waals surface area (Å²) in [6, 6.07) is 3.62. The fraction of sp³-hybridized carbons (Fsp3) is 0.750. The van der Waals surface area contributed by atoms with Gasteiger partial charge in [0.2, 0.25) is 15.9 Å². The molecule has 1 aromatic rings. The molecule has 4 fully saturated rings. The van der Waals surface area contributed by atoms with Crippen molar-refractivity contribution < 1.29 is 13.2 Å². The Hall–Kier alpha value is -1.51. The number of piperidine rings is 1. The number of rotatable bonds is 7. The number of hydrogen-bond donors (Lipinski definition) is 1. The highest BCUT2D eigenvalue weighted by Gasteiger charge is 2.54. The topological polar surface area (TPSA) is 82.6 Å². The first-order chi connectivity index (χ1) is 15.5. The van der Waals surface area contributed by atoms with Gasteiger partial charge in [0.05, 0.1) is 5.75 Å². The van der Waals surface area contributed by atoms with Gasteiger partial charge in [-0.1, -0.05) is 25.3 Å². The van der Waals surface area contributed by atoms with E-state index < -0.39 is 16.1 Å². The number of aromatic nitrogens is 1. The van der Waals surface area contributed by atoms with Crippen molar-refractivity contribution in [3.8, 4) is 0 Å². The van der Waals surface area contributed by atoms with Gasteiger partial charge in [-0.3, -0.25) is 14.7 Å². The van der Waals surface area contributed by atoms with E-state index in [2.05, 4.69) is 21.3 Å². The zero-order valence-electron chi connectivity index (χ0n) is 18.9. The van der Waals surface area contributed by atoms with Crippen LogP contribution in [-0.2, 0) is 21.4 Å². The largest absolute Gasteiger partial charge is 0.351 e. The zero-order valence-corrected chi connectivity index (χ0v) is 19.7. The van der Waals surface area contributed by atoms with Gasteiger partial charge in [-0.05, 0) is 62.0 Å². The van der Waals surface area contributed by atoms with Crippen molar-refractivity contribution in [3.05, 3.63) is 30.1 Å². The Morgan fingerprint density at radius 2 is 1.97 bits per heavy atom. The molecule has 2 aliphatic carbocycles. The van der Waals surface area contributed by atoms with Crippen LogP contribution in [0.15, 0.2) is 24.5 Å². The van der Waals surface area contributed by atoms with Gasteiger partial charge in [0, 0.05) is 44.1 Å². The Morgan fingerprint density at radius 3 is 2.75 bits per heavy atom. The second-order valence-corrected chi connectivity index (χ2v) is 12.3. The maximum absolute atomic E-state index is 13.4. The summed E-state index contributed by atoms with van der Waals surface area (Å²) in [6.07, 6.45) is 12.8. The molecule has 176 valence electrons. The van der Waals surface area contributed by atoms with Crippen LogP contribution in [-0.4, -0.2) is 65.5 Å². The lowest BCUT2D eigenvalue weighted by Gasteiger charge is -2.35. The van der Waals surface area contributed by atoms with Gasteiger partial charge >= 0.3 is 0 Å². The summed E-state index contributed by atoms with van der Waals surface area (Å²) < 4.78 is 28.5. The number of nitrogens with zero attached hydrogens (tertiary/aromatic N) is 3. The third-order valence-corrected chi connectivity index (χ3v) is 10.1. The number of carbonyl (C=O) groups is 1. The summed E-state index contributed by atoms with van der Waals surface area (Å²) >= 11 is 0. The molecule has 2 saturated heterocycles. The minimum absolute atomic E-state index is 0.0231. The van der Waals surface area contributed by atoms with Crippen molar-refractivity contribution in [2.45, 2.75) is 82.5 Å². The third kappa shape index (κ3) is 4.73. The summed E-state index contributed by atoms with van der Waals surface area (Å²) in [5, 5.41) is 3.22. The van der Waals surface area contributed by atoms with E-state index in [0.29, 0.717) is 0 Å². The van der Waals surface area contributed by atoms with Crippen LogP contribution in [0.1, 0.15) is 63.4 Å². The number of fused-ring (bicyclic) bond motifs is 2. The molecule has 8 heteroatoms. The van der Waals surface area contributed by atoms with Crippen LogP contribution in [0.3, 0.4) is 0 Å². The van der Waals surface area contributed by atoms with Crippen molar-refractivity contribution >= 4 is 15.9 Å². The molecular formula is C24H36N4O3S. The number of hydrogen-bond acceptors (Lipinski definition) is 5. The fourth-order valence-electron chi connectivity index (χ4n) is 6.54. The number of sulfonamides is 1. The fourth-order valence-corrected chi connectivity index (χ4v) is 8.90. The SMILES string of the molecule is O=C(NC1CCN(Cc2cccnc2)C1)C1C2CCC(C2)N1S(=O)(=O)CC1CCCCC1. The molecule has 0 radical (unpaired) electrons. The maximum Gasteiger partial charge on any atom is 0.239 e. The molecule has 2 bridgehead atoms. The highest BCUT2D eigenvalue weighted by Crippen LogP contribution is 2.45. The number of pyridine rings is 1. The first-order valence-corrected chi connectivity index (χ1v) is 14.0. The first kappa shape index (κ1) is 22.3. The van der Waals surface area contributed by atoms with Crippen LogP contribution < -0.4 is 5.32 Å². The summed E-state index contributed by atoms with van der Waals surface area (Å²) in [7, 11) is -3.41. The molecule has 7 nitrogen and oxygen atoms in total. The summed E-state index contributed by atoms with van der Waals surface area (Å²) in [5.74, 6) is 0.585.